The summed E-state index contributed by atoms with van der Waals surface area (Å²) in [6, 6.07) is 2.25. The van der Waals surface area contributed by atoms with Gasteiger partial charge in [0.15, 0.2) is 0 Å². The number of halogens is 4. The fourth-order valence-corrected chi connectivity index (χ4v) is 1.08. The smallest absolute Gasteiger partial charge is 0.326 e. The fourth-order valence-electron chi connectivity index (χ4n) is 1.08. The van der Waals surface area contributed by atoms with Crippen LogP contribution in [0.5, 0.6) is 0 Å². The van der Waals surface area contributed by atoms with Crippen LogP contribution in [0.2, 0.25) is 0 Å². The Kier molecular flexibility index (Phi) is 3.14. The molecule has 0 aromatic heterocycles. The average Bonchev–Trinajstić information content (AvgIpc) is 2.14. The van der Waals surface area contributed by atoms with Crippen LogP contribution < -0.4 is 5.73 Å². The maximum Gasteiger partial charge on any atom is 0.416 e. The number of hydrogen-bond donors (Lipinski definition) is 1. The third-order valence-corrected chi connectivity index (χ3v) is 1.88. The van der Waals surface area contributed by atoms with E-state index in [4.69, 9.17) is 5.73 Å². The summed E-state index contributed by atoms with van der Waals surface area (Å²) in [5, 5.41) is 0. The number of alkyl halides is 3. The normalized spacial score (nSPS) is 11.5. The van der Waals surface area contributed by atoms with Gasteiger partial charge in [-0.25, -0.2) is 4.39 Å². The van der Waals surface area contributed by atoms with E-state index < -0.39 is 17.6 Å². The lowest BCUT2D eigenvalue weighted by molar-refractivity contribution is -0.137. The summed E-state index contributed by atoms with van der Waals surface area (Å²) in [6.45, 7) is 3.44. The van der Waals surface area contributed by atoms with Crippen LogP contribution >= 0.6 is 0 Å². The minimum Gasteiger partial charge on any atom is -0.326 e. The minimum atomic E-state index is -4.56. The highest BCUT2D eigenvalue weighted by Crippen LogP contribution is 2.31. The van der Waals surface area contributed by atoms with Crippen LogP contribution in [0.1, 0.15) is 11.1 Å². The predicted octanol–water partition coefficient (Wildman–Crippen LogP) is 2.82. The van der Waals surface area contributed by atoms with Crippen molar-refractivity contribution in [3.8, 4) is 0 Å². The van der Waals surface area contributed by atoms with E-state index in [9.17, 15) is 17.6 Å². The van der Waals surface area contributed by atoms with Crippen LogP contribution in [0.15, 0.2) is 24.8 Å². The summed E-state index contributed by atoms with van der Waals surface area (Å²) in [5.74, 6) is -0.950. The van der Waals surface area contributed by atoms with E-state index in [0.717, 1.165) is 12.1 Å². The van der Waals surface area contributed by atoms with Crippen LogP contribution in [0.3, 0.4) is 0 Å². The summed E-state index contributed by atoms with van der Waals surface area (Å²) in [7, 11) is 0. The molecule has 0 saturated heterocycles. The molecule has 0 radical (unpaired) electrons. The third kappa shape index (κ3) is 2.79. The van der Waals surface area contributed by atoms with Gasteiger partial charge in [0.2, 0.25) is 0 Å². The first kappa shape index (κ1) is 11.7. The number of hydrogen-bond acceptors (Lipinski definition) is 1. The standard InChI is InChI=1S/C10H9F4N/c1-6(5-15)7-2-8(10(12,13)14)4-9(11)3-7/h2-4H,1,5,15H2. The van der Waals surface area contributed by atoms with Crippen molar-refractivity contribution in [2.45, 2.75) is 6.18 Å². The zero-order chi connectivity index (χ0) is 11.6. The molecule has 5 heteroatoms. The highest BCUT2D eigenvalue weighted by atomic mass is 19.4. The van der Waals surface area contributed by atoms with E-state index in [1.54, 1.807) is 0 Å². The number of benzene rings is 1. The minimum absolute atomic E-state index is 0.0131. The van der Waals surface area contributed by atoms with Gasteiger partial charge in [-0.1, -0.05) is 6.58 Å². The van der Waals surface area contributed by atoms with Gasteiger partial charge in [-0.15, -0.1) is 0 Å². The Bertz CT molecular complexity index is 381. The molecule has 1 rings (SSSR count). The SMILES string of the molecule is C=C(CN)c1cc(F)cc(C(F)(F)F)c1. The summed E-state index contributed by atoms with van der Waals surface area (Å²) in [4.78, 5) is 0. The van der Waals surface area contributed by atoms with Gasteiger partial charge in [-0.2, -0.15) is 13.2 Å². The van der Waals surface area contributed by atoms with Crippen LogP contribution in [-0.2, 0) is 6.18 Å². The molecule has 82 valence electrons. The first-order valence-electron chi connectivity index (χ1n) is 4.10. The van der Waals surface area contributed by atoms with Gasteiger partial charge in [0, 0.05) is 6.54 Å². The van der Waals surface area contributed by atoms with Crippen molar-refractivity contribution in [2.24, 2.45) is 5.73 Å². The maximum absolute atomic E-state index is 12.9. The van der Waals surface area contributed by atoms with Gasteiger partial charge in [0.05, 0.1) is 5.56 Å². The summed E-state index contributed by atoms with van der Waals surface area (Å²) >= 11 is 0. The molecule has 0 heterocycles. The second-order valence-corrected chi connectivity index (χ2v) is 3.03. The molecule has 1 aromatic rings. The van der Waals surface area contributed by atoms with E-state index in [0.29, 0.717) is 6.07 Å². The second-order valence-electron chi connectivity index (χ2n) is 3.03. The first-order chi connectivity index (χ1) is 6.84. The van der Waals surface area contributed by atoms with Crippen molar-refractivity contribution in [3.05, 3.63) is 41.7 Å². The summed E-state index contributed by atoms with van der Waals surface area (Å²) in [5.41, 5.74) is 4.51. The Morgan fingerprint density at radius 1 is 1.27 bits per heavy atom. The summed E-state index contributed by atoms with van der Waals surface area (Å²) < 4.78 is 49.7. The molecule has 0 bridgehead atoms. The monoisotopic (exact) mass is 219 g/mol. The molecule has 0 fully saturated rings. The molecule has 1 nitrogen and oxygen atoms in total. The molecule has 0 aliphatic heterocycles. The fraction of sp³-hybridized carbons (Fsp3) is 0.200. The van der Waals surface area contributed by atoms with Crippen molar-refractivity contribution in [1.82, 2.24) is 0 Å². The molecule has 0 atom stereocenters. The van der Waals surface area contributed by atoms with E-state index >= 15 is 0 Å². The van der Waals surface area contributed by atoms with E-state index in [1.165, 1.54) is 0 Å². The molecular formula is C10H9F4N. The second kappa shape index (κ2) is 4.02. The average molecular weight is 219 g/mol. The lowest BCUT2D eigenvalue weighted by atomic mass is 10.0. The Labute approximate surface area is 84.2 Å². The van der Waals surface area contributed by atoms with Gasteiger partial charge in [-0.05, 0) is 29.3 Å². The van der Waals surface area contributed by atoms with Crippen LogP contribution in [0.4, 0.5) is 17.6 Å². The Hall–Kier alpha value is -1.36. The molecule has 0 spiro atoms. The predicted molar refractivity (Wildman–Crippen MR) is 49.5 cm³/mol. The lowest BCUT2D eigenvalue weighted by Gasteiger charge is -2.10. The van der Waals surface area contributed by atoms with Gasteiger partial charge in [0.1, 0.15) is 5.82 Å². The lowest BCUT2D eigenvalue weighted by Crippen LogP contribution is -2.08. The van der Waals surface area contributed by atoms with Crippen LogP contribution in [0.25, 0.3) is 5.57 Å². The van der Waals surface area contributed by atoms with Crippen LogP contribution in [-0.4, -0.2) is 6.54 Å². The molecule has 0 amide bonds. The van der Waals surface area contributed by atoms with E-state index in [2.05, 4.69) is 6.58 Å². The molecule has 1 aromatic carbocycles. The zero-order valence-electron chi connectivity index (χ0n) is 7.74. The largest absolute Gasteiger partial charge is 0.416 e. The topological polar surface area (TPSA) is 26.0 Å². The highest BCUT2D eigenvalue weighted by molar-refractivity contribution is 5.65. The van der Waals surface area contributed by atoms with Crippen molar-refractivity contribution in [2.75, 3.05) is 6.54 Å². The highest BCUT2D eigenvalue weighted by Gasteiger charge is 2.31. The molecule has 0 aliphatic rings. The molecule has 0 unspecified atom stereocenters. The van der Waals surface area contributed by atoms with Gasteiger partial charge >= 0.3 is 6.18 Å². The number of rotatable bonds is 2. The van der Waals surface area contributed by atoms with Crippen molar-refractivity contribution in [1.29, 1.82) is 0 Å². The molecular weight excluding hydrogens is 210 g/mol. The van der Waals surface area contributed by atoms with Crippen LogP contribution in [0, 0.1) is 5.82 Å². The van der Waals surface area contributed by atoms with E-state index in [-0.39, 0.29) is 17.7 Å². The zero-order valence-corrected chi connectivity index (χ0v) is 7.74. The molecule has 0 saturated carbocycles. The van der Waals surface area contributed by atoms with Gasteiger partial charge in [0.25, 0.3) is 0 Å². The van der Waals surface area contributed by atoms with E-state index in [1.807, 2.05) is 0 Å². The molecule has 0 aliphatic carbocycles. The Balaban J connectivity index is 3.23. The first-order valence-corrected chi connectivity index (χ1v) is 4.10. The van der Waals surface area contributed by atoms with Crippen molar-refractivity contribution < 1.29 is 17.6 Å². The van der Waals surface area contributed by atoms with Gasteiger partial charge < -0.3 is 5.73 Å². The summed E-state index contributed by atoms with van der Waals surface area (Å²) in [6.07, 6.45) is -4.56. The molecule has 15 heavy (non-hydrogen) atoms. The Morgan fingerprint density at radius 3 is 2.33 bits per heavy atom. The quantitative estimate of drug-likeness (QED) is 0.760. The third-order valence-electron chi connectivity index (χ3n) is 1.88. The van der Waals surface area contributed by atoms with Crippen molar-refractivity contribution >= 4 is 5.57 Å². The van der Waals surface area contributed by atoms with Gasteiger partial charge in [-0.3, -0.25) is 0 Å². The Morgan fingerprint density at radius 2 is 1.87 bits per heavy atom. The molecule has 2 N–H and O–H groups in total. The van der Waals surface area contributed by atoms with Crippen molar-refractivity contribution in [3.63, 3.8) is 0 Å². The number of nitrogens with two attached hydrogens (primary N) is 1. The maximum atomic E-state index is 12.9.